The fourth-order valence-electron chi connectivity index (χ4n) is 4.85. The first-order chi connectivity index (χ1) is 17.8. The van der Waals surface area contributed by atoms with Crippen molar-refractivity contribution in [3.8, 4) is 23.1 Å². The molecule has 2 heterocycles. The number of aromatic nitrogens is 1. The third-order valence-electron chi connectivity index (χ3n) is 7.20. The molecule has 0 bridgehead atoms. The van der Waals surface area contributed by atoms with Gasteiger partial charge in [-0.2, -0.15) is 8.42 Å². The first-order valence-corrected chi connectivity index (χ1v) is 14.1. The molecule has 4 N–H and O–H groups in total. The molecule has 2 aromatic carbocycles. The van der Waals surface area contributed by atoms with Gasteiger partial charge >= 0.3 is 0 Å². The van der Waals surface area contributed by atoms with Crippen molar-refractivity contribution in [3.63, 3.8) is 0 Å². The minimum atomic E-state index is -4.35. The summed E-state index contributed by atoms with van der Waals surface area (Å²) in [6, 6.07) is 6.82. The predicted molar refractivity (Wildman–Crippen MR) is 147 cm³/mol. The number of allylic oxidation sites excluding steroid dienone is 4. The summed E-state index contributed by atoms with van der Waals surface area (Å²) >= 11 is 0. The number of aliphatic hydroxyl groups excluding tert-OH is 1. The molecule has 0 radical (unpaired) electrons. The Hall–Kier alpha value is -3.27. The number of hydrogen-bond donors (Lipinski definition) is 4. The van der Waals surface area contributed by atoms with Crippen molar-refractivity contribution in [2.75, 3.05) is 0 Å². The summed E-state index contributed by atoms with van der Waals surface area (Å²) in [6.07, 6.45) is 8.65. The smallest absolute Gasteiger partial charge is 0.294 e. The molecule has 1 aromatic heterocycles. The summed E-state index contributed by atoms with van der Waals surface area (Å²) in [6.45, 7) is 8.13. The van der Waals surface area contributed by atoms with Crippen molar-refractivity contribution in [2.24, 2.45) is 0 Å². The Morgan fingerprint density at radius 2 is 1.79 bits per heavy atom. The molecule has 9 heteroatoms. The van der Waals surface area contributed by atoms with Crippen LogP contribution in [0.5, 0.6) is 17.4 Å². The zero-order valence-corrected chi connectivity index (χ0v) is 22.9. The second-order valence-corrected chi connectivity index (χ2v) is 11.9. The fraction of sp³-hybridized carbons (Fsp3) is 0.379. The van der Waals surface area contributed by atoms with Gasteiger partial charge in [0.1, 0.15) is 17.1 Å². The molecule has 1 aliphatic rings. The van der Waals surface area contributed by atoms with Gasteiger partial charge in [0.15, 0.2) is 0 Å². The minimum absolute atomic E-state index is 0.0848. The van der Waals surface area contributed by atoms with Crippen LogP contribution < -0.4 is 4.74 Å². The van der Waals surface area contributed by atoms with Gasteiger partial charge in [0.25, 0.3) is 10.1 Å². The van der Waals surface area contributed by atoms with Crippen LogP contribution in [-0.2, 0) is 16.5 Å². The highest BCUT2D eigenvalue weighted by atomic mass is 32.2. The maximum atomic E-state index is 11.4. The molecule has 3 aromatic rings. The zero-order valence-electron chi connectivity index (χ0n) is 22.1. The predicted octanol–water partition coefficient (Wildman–Crippen LogP) is 5.82. The lowest BCUT2D eigenvalue weighted by Crippen LogP contribution is -2.48. The van der Waals surface area contributed by atoms with Crippen molar-refractivity contribution in [1.82, 2.24) is 4.57 Å². The molecule has 0 amide bonds. The van der Waals surface area contributed by atoms with Crippen molar-refractivity contribution >= 4 is 20.9 Å². The van der Waals surface area contributed by atoms with E-state index in [-0.39, 0.29) is 22.9 Å². The van der Waals surface area contributed by atoms with Gasteiger partial charge in [-0.1, -0.05) is 23.3 Å². The lowest BCUT2D eigenvalue weighted by Gasteiger charge is -2.40. The van der Waals surface area contributed by atoms with Gasteiger partial charge in [0.2, 0.25) is 5.88 Å². The molecular formula is C29H35NO7S. The normalized spacial score (nSPS) is 19.7. The van der Waals surface area contributed by atoms with E-state index in [1.54, 1.807) is 6.20 Å². The molecule has 0 unspecified atom stereocenters. The van der Waals surface area contributed by atoms with Crippen molar-refractivity contribution < 1.29 is 33.0 Å². The Labute approximate surface area is 223 Å². The topological polar surface area (TPSA) is 129 Å². The maximum Gasteiger partial charge on any atom is 0.294 e. The van der Waals surface area contributed by atoms with Crippen LogP contribution in [0.25, 0.3) is 16.5 Å². The van der Waals surface area contributed by atoms with E-state index in [0.29, 0.717) is 34.2 Å². The summed E-state index contributed by atoms with van der Waals surface area (Å²) in [5, 5.41) is 33.6. The molecule has 2 atom stereocenters. The zero-order chi connectivity index (χ0) is 27.8. The van der Waals surface area contributed by atoms with Crippen LogP contribution in [0.15, 0.2) is 64.7 Å². The minimum Gasteiger partial charge on any atom is -0.508 e. The number of phenolic OH excluding ortho intramolecular Hbond substituents is 1. The molecule has 8 nitrogen and oxygen atoms in total. The number of rotatable bonds is 8. The molecule has 0 saturated heterocycles. The van der Waals surface area contributed by atoms with Crippen LogP contribution in [0.1, 0.15) is 58.9 Å². The summed E-state index contributed by atoms with van der Waals surface area (Å²) < 4.78 is 39.9. The third-order valence-corrected chi connectivity index (χ3v) is 8.07. The summed E-state index contributed by atoms with van der Waals surface area (Å²) in [5.41, 5.74) is 2.59. The highest BCUT2D eigenvalue weighted by molar-refractivity contribution is 7.85. The molecule has 0 fully saturated rings. The highest BCUT2D eigenvalue weighted by Crippen LogP contribution is 2.47. The average molecular weight is 542 g/mol. The van der Waals surface area contributed by atoms with E-state index in [2.05, 4.69) is 32.9 Å². The average Bonchev–Trinajstić information content (AvgIpc) is 3.16. The summed E-state index contributed by atoms with van der Waals surface area (Å²) in [5.74, 6) is 0.156. The van der Waals surface area contributed by atoms with Crippen LogP contribution in [0.4, 0.5) is 0 Å². The lowest BCUT2D eigenvalue weighted by atomic mass is 9.84. The number of ether oxygens (including phenoxy) is 1. The number of phenols is 1. The van der Waals surface area contributed by atoms with Crippen molar-refractivity contribution in [3.05, 3.63) is 65.4 Å². The molecule has 38 heavy (non-hydrogen) atoms. The van der Waals surface area contributed by atoms with Gasteiger partial charge in [-0.05, 0) is 83.7 Å². The third kappa shape index (κ3) is 5.60. The number of aromatic hydroxyl groups is 2. The second kappa shape index (κ2) is 10.5. The fourth-order valence-corrected chi connectivity index (χ4v) is 5.33. The van der Waals surface area contributed by atoms with E-state index >= 15 is 0 Å². The van der Waals surface area contributed by atoms with Crippen LogP contribution in [-0.4, -0.2) is 44.6 Å². The Morgan fingerprint density at radius 1 is 1.11 bits per heavy atom. The van der Waals surface area contributed by atoms with Crippen LogP contribution in [0.3, 0.4) is 0 Å². The maximum absolute atomic E-state index is 11.4. The van der Waals surface area contributed by atoms with E-state index in [1.807, 2.05) is 6.92 Å². The van der Waals surface area contributed by atoms with E-state index < -0.39 is 21.8 Å². The van der Waals surface area contributed by atoms with Crippen molar-refractivity contribution in [1.29, 1.82) is 0 Å². The molecule has 1 aliphatic heterocycles. The number of fused-ring (bicyclic) bond motifs is 3. The number of aliphatic hydroxyl groups is 1. The van der Waals surface area contributed by atoms with Gasteiger partial charge in [0.05, 0.1) is 16.4 Å². The Kier molecular flexibility index (Phi) is 7.65. The summed E-state index contributed by atoms with van der Waals surface area (Å²) in [4.78, 5) is -0.262. The lowest BCUT2D eigenvalue weighted by molar-refractivity contribution is -0.0581. The van der Waals surface area contributed by atoms with E-state index in [0.717, 1.165) is 19.3 Å². The summed E-state index contributed by atoms with van der Waals surface area (Å²) in [7, 11) is -4.35. The standard InChI is InChI=1S/C29H35NO7S/c1-18(2)7-5-8-19(3)9-6-14-29(4)26(32)16-23-25(31)15-22-24(27(23)37-29)17-30(28(22)33)20-10-12-21(13-11-20)38(34,35)36/h7,9-13,15,17,26,31-33H,5-6,8,14,16H2,1-4H3,(H,34,35,36)/t26-,29-/m0/s1. The van der Waals surface area contributed by atoms with Gasteiger partial charge < -0.3 is 20.1 Å². The first-order valence-electron chi connectivity index (χ1n) is 12.6. The van der Waals surface area contributed by atoms with E-state index in [4.69, 9.17) is 4.74 Å². The van der Waals surface area contributed by atoms with E-state index in [1.165, 1.54) is 46.0 Å². The van der Waals surface area contributed by atoms with Gasteiger partial charge in [-0.3, -0.25) is 9.12 Å². The Bertz CT molecular complexity index is 1510. The first kappa shape index (κ1) is 27.8. The molecule has 204 valence electrons. The molecule has 0 saturated carbocycles. The molecule has 0 spiro atoms. The molecule has 4 rings (SSSR count). The van der Waals surface area contributed by atoms with Crippen LogP contribution in [0, 0.1) is 0 Å². The van der Waals surface area contributed by atoms with E-state index in [9.17, 15) is 28.3 Å². The largest absolute Gasteiger partial charge is 0.508 e. The second-order valence-electron chi connectivity index (χ2n) is 10.5. The van der Waals surface area contributed by atoms with Crippen LogP contribution in [0.2, 0.25) is 0 Å². The van der Waals surface area contributed by atoms with Gasteiger partial charge in [-0.25, -0.2) is 0 Å². The monoisotopic (exact) mass is 541 g/mol. The molecular weight excluding hydrogens is 506 g/mol. The molecule has 0 aliphatic carbocycles. The van der Waals surface area contributed by atoms with Crippen molar-refractivity contribution in [2.45, 2.75) is 76.4 Å². The Balaban J connectivity index is 1.64. The number of nitrogens with zero attached hydrogens (tertiary/aromatic N) is 1. The number of hydrogen-bond acceptors (Lipinski definition) is 6. The number of benzene rings is 2. The van der Waals surface area contributed by atoms with Crippen LogP contribution >= 0.6 is 0 Å². The quantitative estimate of drug-likeness (QED) is 0.209. The van der Waals surface area contributed by atoms with Gasteiger partial charge in [0, 0.05) is 29.3 Å². The van der Waals surface area contributed by atoms with Gasteiger partial charge in [-0.15, -0.1) is 0 Å². The Morgan fingerprint density at radius 3 is 2.42 bits per heavy atom. The highest BCUT2D eigenvalue weighted by Gasteiger charge is 2.41. The SMILES string of the molecule is CC(C)=CCCC(C)=CCC[C@]1(C)Oc2c(c(O)cc3c(O)n(-c4ccc(S(=O)(=O)O)cc4)cc23)C[C@@H]1O.